The van der Waals surface area contributed by atoms with E-state index in [-0.39, 0.29) is 17.3 Å². The molecule has 1 aliphatic heterocycles. The normalized spacial score (nSPS) is 15.4. The van der Waals surface area contributed by atoms with Crippen LogP contribution >= 0.6 is 0 Å². The molecule has 132 valence electrons. The van der Waals surface area contributed by atoms with Crippen LogP contribution in [-0.4, -0.2) is 56.6 Å². The van der Waals surface area contributed by atoms with Gasteiger partial charge in [-0.3, -0.25) is 24.5 Å². The van der Waals surface area contributed by atoms with Crippen molar-refractivity contribution in [2.45, 2.75) is 13.5 Å². The quantitative estimate of drug-likeness (QED) is 0.622. The van der Waals surface area contributed by atoms with E-state index in [0.29, 0.717) is 18.8 Å². The van der Waals surface area contributed by atoms with Gasteiger partial charge in [0.1, 0.15) is 5.69 Å². The minimum Gasteiger partial charge on any atom is -0.334 e. The lowest BCUT2D eigenvalue weighted by Crippen LogP contribution is -2.48. The lowest BCUT2D eigenvalue weighted by Gasteiger charge is -2.34. The van der Waals surface area contributed by atoms with Gasteiger partial charge >= 0.3 is 5.69 Å². The van der Waals surface area contributed by atoms with E-state index in [9.17, 15) is 14.9 Å². The number of nitrogens with zero attached hydrogens (tertiary/aromatic N) is 5. The zero-order valence-corrected chi connectivity index (χ0v) is 14.4. The summed E-state index contributed by atoms with van der Waals surface area (Å²) in [6.07, 6.45) is 0. The van der Waals surface area contributed by atoms with Crippen LogP contribution in [-0.2, 0) is 13.6 Å². The Labute approximate surface area is 145 Å². The lowest BCUT2D eigenvalue weighted by atomic mass is 10.2. The van der Waals surface area contributed by atoms with Gasteiger partial charge in [-0.25, -0.2) is 0 Å². The van der Waals surface area contributed by atoms with Crippen molar-refractivity contribution in [2.24, 2.45) is 7.05 Å². The third-order valence-corrected chi connectivity index (χ3v) is 4.60. The van der Waals surface area contributed by atoms with Crippen molar-refractivity contribution in [3.63, 3.8) is 0 Å². The number of aryl methyl sites for hydroxylation is 1. The first-order chi connectivity index (χ1) is 12.0. The number of carbonyl (C=O) groups is 1. The molecule has 0 saturated carbocycles. The van der Waals surface area contributed by atoms with E-state index in [1.54, 1.807) is 18.9 Å². The topological polar surface area (TPSA) is 84.5 Å². The highest BCUT2D eigenvalue weighted by Crippen LogP contribution is 2.24. The van der Waals surface area contributed by atoms with Crippen LogP contribution in [0.25, 0.3) is 0 Å². The SMILES string of the molecule is Cc1c([N+](=O)[O-])c(C(=O)N2CCN(Cc3ccccc3)CC2)nn1C. The van der Waals surface area contributed by atoms with Crippen molar-refractivity contribution in [2.75, 3.05) is 26.2 Å². The van der Waals surface area contributed by atoms with Crippen molar-refractivity contribution in [1.29, 1.82) is 0 Å². The molecule has 0 aliphatic carbocycles. The molecule has 1 aromatic carbocycles. The molecule has 0 unspecified atom stereocenters. The number of hydrogen-bond acceptors (Lipinski definition) is 5. The molecule has 25 heavy (non-hydrogen) atoms. The molecule has 1 aromatic heterocycles. The average molecular weight is 343 g/mol. The summed E-state index contributed by atoms with van der Waals surface area (Å²) < 4.78 is 1.39. The maximum absolute atomic E-state index is 12.7. The first kappa shape index (κ1) is 17.1. The number of hydrogen-bond donors (Lipinski definition) is 0. The maximum Gasteiger partial charge on any atom is 0.322 e. The van der Waals surface area contributed by atoms with E-state index in [2.05, 4.69) is 22.1 Å². The summed E-state index contributed by atoms with van der Waals surface area (Å²) in [6, 6.07) is 10.2. The van der Waals surface area contributed by atoms with Crippen molar-refractivity contribution < 1.29 is 9.72 Å². The van der Waals surface area contributed by atoms with Crippen LogP contribution in [0, 0.1) is 17.0 Å². The highest BCUT2D eigenvalue weighted by molar-refractivity contribution is 5.96. The number of nitro groups is 1. The molecule has 0 radical (unpaired) electrons. The van der Waals surface area contributed by atoms with E-state index >= 15 is 0 Å². The van der Waals surface area contributed by atoms with Crippen molar-refractivity contribution in [3.05, 3.63) is 57.4 Å². The predicted octanol–water partition coefficient (Wildman–Crippen LogP) is 1.59. The molecular weight excluding hydrogens is 322 g/mol. The van der Waals surface area contributed by atoms with Crippen LogP contribution in [0.2, 0.25) is 0 Å². The lowest BCUT2D eigenvalue weighted by molar-refractivity contribution is -0.385. The van der Waals surface area contributed by atoms with Gasteiger partial charge in [-0.05, 0) is 12.5 Å². The smallest absolute Gasteiger partial charge is 0.322 e. The third-order valence-electron chi connectivity index (χ3n) is 4.60. The van der Waals surface area contributed by atoms with E-state index in [1.807, 2.05) is 18.2 Å². The minimum atomic E-state index is -0.527. The predicted molar refractivity (Wildman–Crippen MR) is 92.2 cm³/mol. The molecule has 1 saturated heterocycles. The Morgan fingerprint density at radius 1 is 1.20 bits per heavy atom. The van der Waals surface area contributed by atoms with Gasteiger partial charge in [0, 0.05) is 39.8 Å². The highest BCUT2D eigenvalue weighted by Gasteiger charge is 2.33. The zero-order valence-electron chi connectivity index (χ0n) is 14.4. The van der Waals surface area contributed by atoms with Gasteiger partial charge in [0.25, 0.3) is 5.91 Å². The standard InChI is InChI=1S/C17H21N5O3/c1-13-16(22(24)25)15(18-19(13)2)17(23)21-10-8-20(9-11-21)12-14-6-4-3-5-7-14/h3-7H,8-12H2,1-2H3. The summed E-state index contributed by atoms with van der Waals surface area (Å²) in [7, 11) is 1.61. The summed E-state index contributed by atoms with van der Waals surface area (Å²) in [4.78, 5) is 27.4. The Hall–Kier alpha value is -2.74. The van der Waals surface area contributed by atoms with Gasteiger partial charge in [0.15, 0.2) is 0 Å². The second-order valence-electron chi connectivity index (χ2n) is 6.22. The Kier molecular flexibility index (Phi) is 4.80. The van der Waals surface area contributed by atoms with Gasteiger partial charge in [-0.15, -0.1) is 0 Å². The maximum atomic E-state index is 12.7. The molecule has 3 rings (SSSR count). The zero-order chi connectivity index (χ0) is 18.0. The Balaban J connectivity index is 1.66. The van der Waals surface area contributed by atoms with Gasteiger partial charge in [-0.2, -0.15) is 5.10 Å². The summed E-state index contributed by atoms with van der Waals surface area (Å²) in [5, 5.41) is 15.3. The fourth-order valence-electron chi connectivity index (χ4n) is 3.06. The van der Waals surface area contributed by atoms with Crippen LogP contribution in [0.4, 0.5) is 5.69 Å². The van der Waals surface area contributed by atoms with Crippen molar-refractivity contribution in [1.82, 2.24) is 19.6 Å². The van der Waals surface area contributed by atoms with E-state index in [0.717, 1.165) is 19.6 Å². The molecule has 0 spiro atoms. The van der Waals surface area contributed by atoms with E-state index in [4.69, 9.17) is 0 Å². The number of piperazine rings is 1. The fourth-order valence-corrected chi connectivity index (χ4v) is 3.06. The monoisotopic (exact) mass is 343 g/mol. The largest absolute Gasteiger partial charge is 0.334 e. The van der Waals surface area contributed by atoms with Crippen LogP contribution in [0.5, 0.6) is 0 Å². The molecule has 1 aliphatic rings. The van der Waals surface area contributed by atoms with Gasteiger partial charge in [-0.1, -0.05) is 30.3 Å². The molecule has 1 amide bonds. The summed E-state index contributed by atoms with van der Waals surface area (Å²) in [5.74, 6) is -0.366. The van der Waals surface area contributed by atoms with Crippen molar-refractivity contribution >= 4 is 11.6 Å². The van der Waals surface area contributed by atoms with Crippen LogP contribution in [0.3, 0.4) is 0 Å². The molecule has 8 nitrogen and oxygen atoms in total. The summed E-state index contributed by atoms with van der Waals surface area (Å²) >= 11 is 0. The number of benzene rings is 1. The first-order valence-corrected chi connectivity index (χ1v) is 8.21. The number of aromatic nitrogens is 2. The number of carbonyl (C=O) groups excluding carboxylic acids is 1. The Bertz CT molecular complexity index is 779. The van der Waals surface area contributed by atoms with Crippen LogP contribution in [0.15, 0.2) is 30.3 Å². The molecule has 0 atom stereocenters. The highest BCUT2D eigenvalue weighted by atomic mass is 16.6. The number of amides is 1. The first-order valence-electron chi connectivity index (χ1n) is 8.21. The van der Waals surface area contributed by atoms with Crippen molar-refractivity contribution in [3.8, 4) is 0 Å². The molecular formula is C17H21N5O3. The Morgan fingerprint density at radius 2 is 1.84 bits per heavy atom. The summed E-state index contributed by atoms with van der Waals surface area (Å²) in [6.45, 7) is 4.99. The second kappa shape index (κ2) is 7.02. The van der Waals surface area contributed by atoms with Gasteiger partial charge in [0.2, 0.25) is 5.69 Å². The summed E-state index contributed by atoms with van der Waals surface area (Å²) in [5.41, 5.74) is 1.36. The molecule has 0 bridgehead atoms. The third kappa shape index (κ3) is 3.53. The molecule has 2 heterocycles. The van der Waals surface area contributed by atoms with Gasteiger partial charge in [0.05, 0.1) is 4.92 Å². The average Bonchev–Trinajstić information content (AvgIpc) is 2.91. The molecule has 1 fully saturated rings. The fraction of sp³-hybridized carbons (Fsp3) is 0.412. The van der Waals surface area contributed by atoms with Crippen LogP contribution < -0.4 is 0 Å². The van der Waals surface area contributed by atoms with Crippen LogP contribution in [0.1, 0.15) is 21.7 Å². The van der Waals surface area contributed by atoms with Gasteiger partial charge < -0.3 is 4.90 Å². The molecule has 0 N–H and O–H groups in total. The number of rotatable bonds is 4. The Morgan fingerprint density at radius 3 is 2.44 bits per heavy atom. The second-order valence-corrected chi connectivity index (χ2v) is 6.22. The molecule has 8 heteroatoms. The molecule has 2 aromatic rings. The van der Waals surface area contributed by atoms with E-state index in [1.165, 1.54) is 10.2 Å². The minimum absolute atomic E-state index is 0.0680. The van der Waals surface area contributed by atoms with E-state index < -0.39 is 4.92 Å².